The molecule has 5 heteroatoms. The number of nitrogens with zero attached hydrogens (tertiary/aromatic N) is 3. The molecule has 4 heterocycles. The standard InChI is InChI=1S/C46H30N4O/c1-4-14-29(15-5-1)38-28-39(30-16-6-2-7-17-30)48-46(47-38)50-41-26-37-33-21-11-13-23-42(33)51-43(37)27-36(41)35-25-24-34-32-20-10-12-22-40(32)49(44(34)45(35)50)31-18-8-3-9-19-31/h1-28,38H,(H,47,48). The lowest BCUT2D eigenvalue weighted by Gasteiger charge is -2.26. The first kappa shape index (κ1) is 28.0. The van der Waals surface area contributed by atoms with Crippen molar-refractivity contribution in [3.8, 4) is 5.69 Å². The summed E-state index contributed by atoms with van der Waals surface area (Å²) in [7, 11) is 0. The molecule has 1 aliphatic rings. The number of furan rings is 1. The highest BCUT2D eigenvalue weighted by Crippen LogP contribution is 2.43. The minimum absolute atomic E-state index is 0.0981. The molecule has 0 fully saturated rings. The van der Waals surface area contributed by atoms with Gasteiger partial charge in [0.05, 0.1) is 33.8 Å². The fourth-order valence-corrected chi connectivity index (χ4v) is 8.08. The predicted molar refractivity (Wildman–Crippen MR) is 211 cm³/mol. The third-order valence-electron chi connectivity index (χ3n) is 10.3. The van der Waals surface area contributed by atoms with Crippen molar-refractivity contribution < 1.29 is 4.42 Å². The maximum atomic E-state index is 6.47. The molecule has 1 aliphatic heterocycles. The van der Waals surface area contributed by atoms with Gasteiger partial charge in [0.25, 0.3) is 0 Å². The van der Waals surface area contributed by atoms with E-state index in [2.05, 4.69) is 172 Å². The van der Waals surface area contributed by atoms with Gasteiger partial charge in [0.1, 0.15) is 11.2 Å². The molecule has 0 saturated carbocycles. The third-order valence-corrected chi connectivity index (χ3v) is 10.3. The summed E-state index contributed by atoms with van der Waals surface area (Å²) in [5, 5.41) is 10.7. The van der Waals surface area contributed by atoms with Crippen LogP contribution < -0.4 is 5.32 Å². The molecule has 0 amide bonds. The van der Waals surface area contributed by atoms with Gasteiger partial charge < -0.3 is 14.3 Å². The third kappa shape index (κ3) is 4.18. The normalized spacial score (nSPS) is 14.9. The quantitative estimate of drug-likeness (QED) is 0.206. The van der Waals surface area contributed by atoms with Crippen molar-refractivity contribution in [3.63, 3.8) is 0 Å². The van der Waals surface area contributed by atoms with Crippen molar-refractivity contribution in [2.45, 2.75) is 6.04 Å². The van der Waals surface area contributed by atoms with Gasteiger partial charge in [-0.3, -0.25) is 4.57 Å². The number of para-hydroxylation sites is 3. The van der Waals surface area contributed by atoms with Gasteiger partial charge in [0, 0.05) is 43.6 Å². The van der Waals surface area contributed by atoms with Crippen LogP contribution in [0.1, 0.15) is 17.2 Å². The van der Waals surface area contributed by atoms with E-state index in [1.807, 2.05) is 12.1 Å². The summed E-state index contributed by atoms with van der Waals surface area (Å²) in [6.45, 7) is 0. The smallest absolute Gasteiger partial charge is 0.209 e. The van der Waals surface area contributed by atoms with Crippen LogP contribution in [0.2, 0.25) is 0 Å². The first-order valence-electron chi connectivity index (χ1n) is 17.3. The number of hydrogen-bond acceptors (Lipinski definition) is 3. The molecule has 51 heavy (non-hydrogen) atoms. The minimum Gasteiger partial charge on any atom is -0.456 e. The molecule has 1 N–H and O–H groups in total. The monoisotopic (exact) mass is 654 g/mol. The number of aliphatic imine (C=N–C) groups is 1. The van der Waals surface area contributed by atoms with Crippen LogP contribution in [-0.4, -0.2) is 15.1 Å². The second-order valence-corrected chi connectivity index (χ2v) is 13.2. The van der Waals surface area contributed by atoms with Crippen molar-refractivity contribution in [3.05, 3.63) is 181 Å². The van der Waals surface area contributed by atoms with Crippen LogP contribution in [0.4, 0.5) is 0 Å². The second-order valence-electron chi connectivity index (χ2n) is 13.2. The lowest BCUT2D eigenvalue weighted by Crippen LogP contribution is -2.35. The molecule has 0 saturated heterocycles. The average molecular weight is 655 g/mol. The Morgan fingerprint density at radius 1 is 0.490 bits per heavy atom. The zero-order chi connectivity index (χ0) is 33.5. The van der Waals surface area contributed by atoms with Crippen molar-refractivity contribution >= 4 is 77.2 Å². The average Bonchev–Trinajstić information content (AvgIpc) is 3.85. The second kappa shape index (κ2) is 10.8. The van der Waals surface area contributed by atoms with Crippen LogP contribution in [0, 0.1) is 0 Å². The first-order chi connectivity index (χ1) is 25.3. The van der Waals surface area contributed by atoms with E-state index < -0.39 is 0 Å². The van der Waals surface area contributed by atoms with Crippen LogP contribution in [0.25, 0.3) is 76.9 Å². The maximum absolute atomic E-state index is 6.47. The minimum atomic E-state index is -0.0981. The van der Waals surface area contributed by atoms with Gasteiger partial charge >= 0.3 is 0 Å². The number of aromatic nitrogens is 2. The van der Waals surface area contributed by atoms with E-state index in [0.29, 0.717) is 0 Å². The van der Waals surface area contributed by atoms with Crippen LogP contribution in [0.5, 0.6) is 0 Å². The Bertz CT molecular complexity index is 3040. The topological polar surface area (TPSA) is 47.4 Å². The van der Waals surface area contributed by atoms with E-state index in [4.69, 9.17) is 9.41 Å². The number of rotatable bonds is 3. The summed E-state index contributed by atoms with van der Waals surface area (Å²) in [6, 6.07) is 57.7. The van der Waals surface area contributed by atoms with E-state index in [-0.39, 0.29) is 6.04 Å². The molecule has 0 bridgehead atoms. The molecule has 11 rings (SSSR count). The molecule has 0 radical (unpaired) electrons. The summed E-state index contributed by atoms with van der Waals surface area (Å²) in [5.41, 5.74) is 10.5. The molecule has 240 valence electrons. The van der Waals surface area contributed by atoms with Crippen molar-refractivity contribution in [1.29, 1.82) is 0 Å². The lowest BCUT2D eigenvalue weighted by molar-refractivity contribution is 0.669. The Hall–Kier alpha value is -6.85. The largest absolute Gasteiger partial charge is 0.456 e. The molecule has 0 spiro atoms. The van der Waals surface area contributed by atoms with Gasteiger partial charge in [-0.15, -0.1) is 0 Å². The SMILES string of the molecule is C1=C(c2ccccc2)N=C(n2c3cc4c(cc3c3ccc5c6ccccc6n(-c6ccccc6)c5c32)oc2ccccc24)NC1c1ccccc1. The van der Waals surface area contributed by atoms with Crippen molar-refractivity contribution in [1.82, 2.24) is 14.5 Å². The molecule has 0 aliphatic carbocycles. The highest BCUT2D eigenvalue weighted by molar-refractivity contribution is 6.27. The summed E-state index contributed by atoms with van der Waals surface area (Å²) in [4.78, 5) is 5.46. The van der Waals surface area contributed by atoms with Gasteiger partial charge in [-0.2, -0.15) is 0 Å². The van der Waals surface area contributed by atoms with Crippen LogP contribution in [0.15, 0.2) is 179 Å². The van der Waals surface area contributed by atoms with Gasteiger partial charge in [-0.25, -0.2) is 4.99 Å². The first-order valence-corrected chi connectivity index (χ1v) is 17.3. The summed E-state index contributed by atoms with van der Waals surface area (Å²) in [6.07, 6.45) is 2.24. The van der Waals surface area contributed by atoms with Gasteiger partial charge in [-0.1, -0.05) is 127 Å². The summed E-state index contributed by atoms with van der Waals surface area (Å²) < 4.78 is 11.2. The van der Waals surface area contributed by atoms with E-state index in [1.165, 1.54) is 16.3 Å². The Kier molecular flexibility index (Phi) is 5.95. The number of nitrogens with one attached hydrogen (secondary N) is 1. The Labute approximate surface area is 293 Å². The van der Waals surface area contributed by atoms with Crippen LogP contribution in [0.3, 0.4) is 0 Å². The molecule has 7 aromatic carbocycles. The van der Waals surface area contributed by atoms with Crippen LogP contribution in [-0.2, 0) is 0 Å². The molecule has 5 nitrogen and oxygen atoms in total. The van der Waals surface area contributed by atoms with E-state index in [9.17, 15) is 0 Å². The van der Waals surface area contributed by atoms with E-state index in [0.717, 1.165) is 77.7 Å². The summed E-state index contributed by atoms with van der Waals surface area (Å²) >= 11 is 0. The van der Waals surface area contributed by atoms with Gasteiger partial charge in [-0.05, 0) is 48.0 Å². The number of benzene rings is 7. The van der Waals surface area contributed by atoms with Crippen LogP contribution >= 0.6 is 0 Å². The van der Waals surface area contributed by atoms with Crippen molar-refractivity contribution in [2.24, 2.45) is 4.99 Å². The maximum Gasteiger partial charge on any atom is 0.209 e. The highest BCUT2D eigenvalue weighted by atomic mass is 16.3. The molecular formula is C46H30N4O. The molecule has 1 unspecified atom stereocenters. The van der Waals surface area contributed by atoms with E-state index in [1.54, 1.807) is 0 Å². The highest BCUT2D eigenvalue weighted by Gasteiger charge is 2.27. The van der Waals surface area contributed by atoms with E-state index >= 15 is 0 Å². The number of hydrogen-bond donors (Lipinski definition) is 1. The Balaban J connectivity index is 1.32. The zero-order valence-electron chi connectivity index (χ0n) is 27.5. The molecule has 10 aromatic rings. The zero-order valence-corrected chi connectivity index (χ0v) is 27.5. The Morgan fingerprint density at radius 2 is 1.14 bits per heavy atom. The van der Waals surface area contributed by atoms with Gasteiger partial charge in [0.15, 0.2) is 0 Å². The fraction of sp³-hybridized carbons (Fsp3) is 0.0217. The summed E-state index contributed by atoms with van der Waals surface area (Å²) in [5.74, 6) is 0.773. The lowest BCUT2D eigenvalue weighted by atomic mass is 10.0. The molecule has 1 atom stereocenters. The molecule has 3 aromatic heterocycles. The predicted octanol–water partition coefficient (Wildman–Crippen LogP) is 11.4. The molecular weight excluding hydrogens is 625 g/mol. The Morgan fingerprint density at radius 3 is 1.94 bits per heavy atom. The fourth-order valence-electron chi connectivity index (χ4n) is 8.08. The van der Waals surface area contributed by atoms with Gasteiger partial charge in [0.2, 0.25) is 5.96 Å². The van der Waals surface area contributed by atoms with Crippen molar-refractivity contribution in [2.75, 3.05) is 0 Å². The number of fused-ring (bicyclic) bond motifs is 10.